The van der Waals surface area contributed by atoms with E-state index in [1.165, 1.54) is 6.20 Å². The molecule has 0 aliphatic heterocycles. The number of ketones is 1. The van der Waals surface area contributed by atoms with Crippen LogP contribution in [0.25, 0.3) is 11.1 Å². The van der Waals surface area contributed by atoms with Crippen LogP contribution >= 0.6 is 11.6 Å². The number of halogens is 2. The third-order valence-corrected chi connectivity index (χ3v) is 5.78. The van der Waals surface area contributed by atoms with E-state index in [2.05, 4.69) is 20.4 Å². The molecule has 1 aliphatic carbocycles. The molecular formula is C24H24ClFN4O3. The highest BCUT2D eigenvalue weighted by atomic mass is 35.5. The molecule has 33 heavy (non-hydrogen) atoms. The normalized spacial score (nSPS) is 13.7. The van der Waals surface area contributed by atoms with Gasteiger partial charge >= 0.3 is 0 Å². The van der Waals surface area contributed by atoms with Gasteiger partial charge in [-0.2, -0.15) is 4.98 Å². The lowest BCUT2D eigenvalue weighted by atomic mass is 9.97. The third kappa shape index (κ3) is 5.27. The van der Waals surface area contributed by atoms with E-state index in [-0.39, 0.29) is 52.3 Å². The first-order chi connectivity index (χ1) is 15.6. The van der Waals surface area contributed by atoms with Gasteiger partial charge in [-0.3, -0.25) is 9.59 Å². The second-order valence-corrected chi connectivity index (χ2v) is 9.57. The molecule has 0 spiro atoms. The summed E-state index contributed by atoms with van der Waals surface area (Å²) >= 11 is 6.29. The fourth-order valence-electron chi connectivity index (χ4n) is 3.25. The van der Waals surface area contributed by atoms with Crippen molar-refractivity contribution in [1.82, 2.24) is 15.1 Å². The number of pyridine rings is 1. The van der Waals surface area contributed by atoms with Crippen molar-refractivity contribution < 1.29 is 18.5 Å². The maximum Gasteiger partial charge on any atom is 0.238 e. The molecule has 7 nitrogen and oxygen atoms in total. The average Bonchev–Trinajstić information content (AvgIpc) is 3.49. The average molecular weight is 471 g/mol. The van der Waals surface area contributed by atoms with E-state index < -0.39 is 5.82 Å². The number of benzene rings is 1. The van der Waals surface area contributed by atoms with E-state index in [4.69, 9.17) is 16.1 Å². The summed E-state index contributed by atoms with van der Waals surface area (Å²) in [5.41, 5.74) is 0.968. The number of rotatable bonds is 7. The second kappa shape index (κ2) is 9.02. The van der Waals surface area contributed by atoms with Gasteiger partial charge in [0.1, 0.15) is 11.6 Å². The molecule has 0 unspecified atom stereocenters. The minimum absolute atomic E-state index is 0.00528. The summed E-state index contributed by atoms with van der Waals surface area (Å²) in [5, 5.41) is 6.46. The van der Waals surface area contributed by atoms with Gasteiger partial charge in [0.05, 0.1) is 5.02 Å². The van der Waals surface area contributed by atoms with Crippen molar-refractivity contribution in [2.45, 2.75) is 51.9 Å². The van der Waals surface area contributed by atoms with E-state index in [0.29, 0.717) is 22.8 Å². The summed E-state index contributed by atoms with van der Waals surface area (Å²) in [6.45, 7) is 5.73. The van der Waals surface area contributed by atoms with Gasteiger partial charge in [-0.1, -0.05) is 49.7 Å². The van der Waals surface area contributed by atoms with E-state index in [0.717, 1.165) is 12.8 Å². The molecule has 172 valence electrons. The Hall–Kier alpha value is -3.13. The van der Waals surface area contributed by atoms with Crippen molar-refractivity contribution in [3.05, 3.63) is 58.6 Å². The van der Waals surface area contributed by atoms with Crippen molar-refractivity contribution in [3.63, 3.8) is 0 Å². The Labute approximate surface area is 195 Å². The minimum atomic E-state index is -0.595. The van der Waals surface area contributed by atoms with Crippen molar-refractivity contribution >= 4 is 29.1 Å². The number of nitrogens with one attached hydrogen (secondary N) is 1. The molecule has 1 aliphatic rings. The molecule has 1 fully saturated rings. The van der Waals surface area contributed by atoms with Gasteiger partial charge in [0.2, 0.25) is 23.4 Å². The maximum atomic E-state index is 15.1. The van der Waals surface area contributed by atoms with Gasteiger partial charge in [-0.05, 0) is 42.5 Å². The quantitative estimate of drug-likeness (QED) is 0.465. The molecule has 0 bridgehead atoms. The molecule has 1 N–H and O–H groups in total. The molecule has 2 heterocycles. The van der Waals surface area contributed by atoms with Crippen LogP contribution in [0.2, 0.25) is 5.02 Å². The number of hydrogen-bond acceptors (Lipinski definition) is 6. The first-order valence-electron chi connectivity index (χ1n) is 10.7. The van der Waals surface area contributed by atoms with E-state index in [1.54, 1.807) is 24.3 Å². The number of carbonyl (C=O) groups is 2. The monoisotopic (exact) mass is 470 g/mol. The minimum Gasteiger partial charge on any atom is -0.338 e. The third-order valence-electron chi connectivity index (χ3n) is 5.37. The summed E-state index contributed by atoms with van der Waals surface area (Å²) in [6, 6.07) is 6.55. The standard InChI is InChI=1S/C24H24ClFN4O3/c1-24(2,3)23-29-21(30-33-23)17(31)9-7-13-6-8-16(20(26)19(13)25)15-10-11-27-18(12-15)28-22(32)14-4-5-14/h6,8,10-12,14H,4-5,7,9H2,1-3H3,(H,27,28,32). The van der Waals surface area contributed by atoms with Crippen LogP contribution in [0, 0.1) is 11.7 Å². The van der Waals surface area contributed by atoms with E-state index in [1.807, 2.05) is 20.8 Å². The van der Waals surface area contributed by atoms with Crippen LogP contribution in [0.1, 0.15) is 62.1 Å². The Balaban J connectivity index is 1.47. The number of aromatic nitrogens is 3. The van der Waals surface area contributed by atoms with Gasteiger partial charge in [0.25, 0.3) is 0 Å². The summed E-state index contributed by atoms with van der Waals surface area (Å²) in [4.78, 5) is 32.7. The molecule has 2 aromatic heterocycles. The predicted molar refractivity (Wildman–Crippen MR) is 122 cm³/mol. The van der Waals surface area contributed by atoms with Gasteiger partial charge in [-0.25, -0.2) is 9.37 Å². The summed E-state index contributed by atoms with van der Waals surface area (Å²) in [6.07, 6.45) is 3.56. The summed E-state index contributed by atoms with van der Waals surface area (Å²) in [7, 11) is 0. The van der Waals surface area contributed by atoms with Crippen molar-refractivity contribution in [3.8, 4) is 11.1 Å². The Morgan fingerprint density at radius 2 is 2.00 bits per heavy atom. The zero-order chi connectivity index (χ0) is 23.8. The van der Waals surface area contributed by atoms with E-state index in [9.17, 15) is 9.59 Å². The molecule has 1 amide bonds. The largest absolute Gasteiger partial charge is 0.338 e. The first kappa shape index (κ1) is 23.0. The molecule has 1 aromatic carbocycles. The topological polar surface area (TPSA) is 98.0 Å². The van der Waals surface area contributed by atoms with Crippen molar-refractivity contribution in [2.75, 3.05) is 5.32 Å². The molecule has 4 rings (SSSR count). The van der Waals surface area contributed by atoms with Crippen molar-refractivity contribution in [2.24, 2.45) is 5.92 Å². The fraction of sp³-hybridized carbons (Fsp3) is 0.375. The van der Waals surface area contributed by atoms with Crippen LogP contribution < -0.4 is 5.32 Å². The van der Waals surface area contributed by atoms with Crippen LogP contribution in [0.5, 0.6) is 0 Å². The number of amides is 1. The highest BCUT2D eigenvalue weighted by Gasteiger charge is 2.30. The molecule has 3 aromatic rings. The lowest BCUT2D eigenvalue weighted by Gasteiger charge is -2.11. The van der Waals surface area contributed by atoms with E-state index >= 15 is 4.39 Å². The number of Topliss-reactive ketones (excluding diaryl/α,β-unsaturated/α-hetero) is 1. The fourth-order valence-corrected chi connectivity index (χ4v) is 3.51. The lowest BCUT2D eigenvalue weighted by Crippen LogP contribution is -2.14. The molecular weight excluding hydrogens is 447 g/mol. The molecule has 9 heteroatoms. The highest BCUT2D eigenvalue weighted by molar-refractivity contribution is 6.31. The van der Waals surface area contributed by atoms with Gasteiger partial charge < -0.3 is 9.84 Å². The Bertz CT molecular complexity index is 1210. The van der Waals surface area contributed by atoms with Crippen molar-refractivity contribution in [1.29, 1.82) is 0 Å². The molecule has 0 saturated heterocycles. The maximum absolute atomic E-state index is 15.1. The summed E-state index contributed by atoms with van der Waals surface area (Å²) < 4.78 is 20.3. The highest BCUT2D eigenvalue weighted by Crippen LogP contribution is 2.33. The number of nitrogens with zero attached hydrogens (tertiary/aromatic N) is 3. The Kier molecular flexibility index (Phi) is 6.30. The smallest absolute Gasteiger partial charge is 0.238 e. The zero-order valence-corrected chi connectivity index (χ0v) is 19.4. The van der Waals surface area contributed by atoms with Crippen LogP contribution in [0.4, 0.5) is 10.2 Å². The zero-order valence-electron chi connectivity index (χ0n) is 18.6. The number of carbonyl (C=O) groups excluding carboxylic acids is 2. The van der Waals surface area contributed by atoms with Crippen LogP contribution in [-0.2, 0) is 16.6 Å². The van der Waals surface area contributed by atoms with Crippen LogP contribution in [0.15, 0.2) is 35.0 Å². The van der Waals surface area contributed by atoms with Gasteiger partial charge in [-0.15, -0.1) is 0 Å². The number of aryl methyl sites for hydroxylation is 1. The van der Waals surface area contributed by atoms with Gasteiger partial charge in [0.15, 0.2) is 0 Å². The first-order valence-corrected chi connectivity index (χ1v) is 11.1. The summed E-state index contributed by atoms with van der Waals surface area (Å²) in [5.74, 6) is -0.188. The number of hydrogen-bond donors (Lipinski definition) is 1. The van der Waals surface area contributed by atoms with Crippen LogP contribution in [0.3, 0.4) is 0 Å². The SMILES string of the molecule is CC(C)(C)c1nc(C(=O)CCc2ccc(-c3ccnc(NC(=O)C4CC4)c3)c(F)c2Cl)no1. The lowest BCUT2D eigenvalue weighted by molar-refractivity contribution is -0.117. The molecule has 0 radical (unpaired) electrons. The second-order valence-electron chi connectivity index (χ2n) is 9.19. The Morgan fingerprint density at radius 3 is 2.67 bits per heavy atom. The molecule has 1 saturated carbocycles. The predicted octanol–water partition coefficient (Wildman–Crippen LogP) is 5.39. The van der Waals surface area contributed by atoms with Crippen LogP contribution in [-0.4, -0.2) is 26.8 Å². The van der Waals surface area contributed by atoms with Gasteiger partial charge in [0, 0.05) is 29.5 Å². The molecule has 0 atom stereocenters. The Morgan fingerprint density at radius 1 is 1.24 bits per heavy atom. The number of anilines is 1.